The fourth-order valence-corrected chi connectivity index (χ4v) is 5.14. The molecule has 2 N–H and O–H groups in total. The zero-order valence-electron chi connectivity index (χ0n) is 22.6. The van der Waals surface area contributed by atoms with Crippen molar-refractivity contribution in [2.24, 2.45) is 0 Å². The van der Waals surface area contributed by atoms with Gasteiger partial charge in [-0.15, -0.1) is 10.2 Å². The van der Waals surface area contributed by atoms with Crippen LogP contribution in [0.1, 0.15) is 36.6 Å². The van der Waals surface area contributed by atoms with Gasteiger partial charge in [-0.2, -0.15) is 4.80 Å². The highest BCUT2D eigenvalue weighted by atomic mass is 19.1. The molecule has 0 unspecified atom stereocenters. The summed E-state index contributed by atoms with van der Waals surface area (Å²) in [6.45, 7) is 0.885. The van der Waals surface area contributed by atoms with Crippen molar-refractivity contribution in [2.75, 3.05) is 26.2 Å². The van der Waals surface area contributed by atoms with Gasteiger partial charge in [0, 0.05) is 48.9 Å². The highest BCUT2D eigenvalue weighted by Crippen LogP contribution is 2.30. The van der Waals surface area contributed by atoms with Gasteiger partial charge in [0.25, 0.3) is 17.6 Å². The minimum Gasteiger partial charge on any atom is -0.478 e. The van der Waals surface area contributed by atoms with Gasteiger partial charge in [-0.1, -0.05) is 36.4 Å². The molecule has 1 aliphatic heterocycles. The monoisotopic (exact) mass is 581 g/mol. The van der Waals surface area contributed by atoms with Crippen LogP contribution in [0.4, 0.5) is 4.39 Å². The van der Waals surface area contributed by atoms with Crippen molar-refractivity contribution in [1.82, 2.24) is 35.0 Å². The molecule has 12 nitrogen and oxygen atoms in total. The minimum atomic E-state index is -1.09. The number of carbonyl (C=O) groups excluding carboxylic acids is 3. The number of nitrogens with one attached hydrogen (secondary N) is 1. The third-order valence-electron chi connectivity index (χ3n) is 7.35. The largest absolute Gasteiger partial charge is 0.478 e. The number of aromatic carboxylic acids is 1. The number of carboxylic acids is 1. The maximum Gasteiger partial charge on any atom is 0.336 e. The number of H-pyrrole nitrogens is 1. The third kappa shape index (κ3) is 5.23. The van der Waals surface area contributed by atoms with Crippen LogP contribution in [-0.2, 0) is 11.3 Å². The molecular weight excluding hydrogens is 557 g/mol. The summed E-state index contributed by atoms with van der Waals surface area (Å²) in [6.07, 6.45) is 1.28. The van der Waals surface area contributed by atoms with Crippen molar-refractivity contribution in [1.29, 1.82) is 0 Å². The average molecular weight is 582 g/mol. The average Bonchev–Trinajstić information content (AvgIpc) is 3.69. The summed E-state index contributed by atoms with van der Waals surface area (Å²) in [6, 6.07) is 17.8. The number of benzene rings is 3. The summed E-state index contributed by atoms with van der Waals surface area (Å²) >= 11 is 0. The van der Waals surface area contributed by atoms with E-state index >= 15 is 4.39 Å². The Kier molecular flexibility index (Phi) is 7.20. The number of hydrogen-bond donors (Lipinski definition) is 2. The molecule has 3 heterocycles. The second kappa shape index (κ2) is 11.3. The number of halogens is 1. The molecule has 216 valence electrons. The van der Waals surface area contributed by atoms with Crippen LogP contribution in [0.25, 0.3) is 22.3 Å². The lowest BCUT2D eigenvalue weighted by Crippen LogP contribution is -2.52. The second-order valence-electron chi connectivity index (χ2n) is 9.93. The number of aromatic nitrogens is 5. The van der Waals surface area contributed by atoms with Crippen molar-refractivity contribution in [3.8, 4) is 11.4 Å². The van der Waals surface area contributed by atoms with E-state index in [2.05, 4.69) is 20.4 Å². The van der Waals surface area contributed by atoms with Gasteiger partial charge in [-0.3, -0.25) is 14.4 Å². The van der Waals surface area contributed by atoms with E-state index in [-0.39, 0.29) is 66.5 Å². The lowest BCUT2D eigenvalue weighted by molar-refractivity contribution is -0.127. The quantitative estimate of drug-likeness (QED) is 0.220. The molecule has 13 heteroatoms. The summed E-state index contributed by atoms with van der Waals surface area (Å²) < 4.78 is 15.1. The molecule has 0 aliphatic carbocycles. The Morgan fingerprint density at radius 2 is 1.56 bits per heavy atom. The number of hydrogen-bond acceptors (Lipinski definition) is 7. The van der Waals surface area contributed by atoms with Crippen molar-refractivity contribution in [2.45, 2.75) is 6.54 Å². The molecule has 0 atom stereocenters. The number of Topliss-reactive ketones (excluding diaryl/α,β-unsaturated/α-hetero) is 1. The first kappa shape index (κ1) is 27.4. The van der Waals surface area contributed by atoms with E-state index in [0.29, 0.717) is 16.7 Å². The first-order valence-electron chi connectivity index (χ1n) is 13.4. The SMILES string of the molecule is O=C(O)c1ccccc1Cn1nnc(-c2ccc(F)c3c(C(=O)C(=O)N4CCN(C(=O)c5ccccc5)CC4)c[nH]c23)n1. The Bertz CT molecular complexity index is 1880. The number of fused-ring (bicyclic) bond motifs is 1. The normalized spacial score (nSPS) is 13.3. The first-order valence-corrected chi connectivity index (χ1v) is 13.4. The lowest BCUT2D eigenvalue weighted by Gasteiger charge is -2.34. The highest BCUT2D eigenvalue weighted by Gasteiger charge is 2.31. The number of ketones is 1. The zero-order chi connectivity index (χ0) is 30.1. The van der Waals surface area contributed by atoms with E-state index < -0.39 is 23.5 Å². The smallest absolute Gasteiger partial charge is 0.336 e. The Hall–Kier alpha value is -5.72. The fourth-order valence-electron chi connectivity index (χ4n) is 5.14. The van der Waals surface area contributed by atoms with Gasteiger partial charge in [0.05, 0.1) is 23.2 Å². The van der Waals surface area contributed by atoms with E-state index in [9.17, 15) is 24.3 Å². The number of piperazine rings is 1. The Morgan fingerprint density at radius 3 is 2.30 bits per heavy atom. The number of nitrogens with zero attached hydrogens (tertiary/aromatic N) is 6. The standard InChI is InChI=1S/C30H24FN7O5/c31-23-11-10-21(27-33-35-38(34-27)17-19-8-4-5-9-20(19)30(42)43)25-24(23)22(16-32-25)26(39)29(41)37-14-12-36(13-15-37)28(40)18-6-2-1-3-7-18/h1-11,16,32H,12-15,17H2,(H,42,43). The van der Waals surface area contributed by atoms with E-state index in [1.807, 2.05) is 6.07 Å². The summed E-state index contributed by atoms with van der Waals surface area (Å²) in [5, 5.41) is 21.7. The van der Waals surface area contributed by atoms with Gasteiger partial charge < -0.3 is 19.9 Å². The van der Waals surface area contributed by atoms with Gasteiger partial charge >= 0.3 is 5.97 Å². The van der Waals surface area contributed by atoms with Gasteiger partial charge in [0.2, 0.25) is 5.82 Å². The second-order valence-corrected chi connectivity index (χ2v) is 9.93. The molecule has 43 heavy (non-hydrogen) atoms. The molecule has 0 spiro atoms. The zero-order valence-corrected chi connectivity index (χ0v) is 22.6. The van der Waals surface area contributed by atoms with Crippen LogP contribution < -0.4 is 0 Å². The number of amides is 2. The Balaban J connectivity index is 1.20. The molecule has 2 aromatic heterocycles. The molecule has 0 saturated carbocycles. The maximum absolute atomic E-state index is 15.1. The van der Waals surface area contributed by atoms with E-state index in [4.69, 9.17) is 0 Å². The molecule has 5 aromatic rings. The van der Waals surface area contributed by atoms with Gasteiger partial charge in [0.15, 0.2) is 0 Å². The van der Waals surface area contributed by atoms with Gasteiger partial charge in [0.1, 0.15) is 5.82 Å². The predicted molar refractivity (Wildman–Crippen MR) is 151 cm³/mol. The van der Waals surface area contributed by atoms with Crippen LogP contribution in [0, 0.1) is 5.82 Å². The number of rotatable bonds is 7. The molecule has 3 aromatic carbocycles. The molecule has 6 rings (SSSR count). The van der Waals surface area contributed by atoms with Crippen LogP contribution in [0.5, 0.6) is 0 Å². The Morgan fingerprint density at radius 1 is 0.860 bits per heavy atom. The summed E-state index contributed by atoms with van der Waals surface area (Å²) in [4.78, 5) is 57.8. The number of tetrazole rings is 1. The maximum atomic E-state index is 15.1. The Labute approximate surface area is 243 Å². The molecular formula is C30H24FN7O5. The molecule has 1 aliphatic rings. The third-order valence-corrected chi connectivity index (χ3v) is 7.35. The highest BCUT2D eigenvalue weighted by molar-refractivity contribution is 6.45. The van der Waals surface area contributed by atoms with Crippen molar-refractivity contribution >= 4 is 34.5 Å². The predicted octanol–water partition coefficient (Wildman–Crippen LogP) is 2.87. The van der Waals surface area contributed by atoms with Crippen molar-refractivity contribution in [3.05, 3.63) is 101 Å². The fraction of sp³-hybridized carbons (Fsp3) is 0.167. The number of aromatic amines is 1. The van der Waals surface area contributed by atoms with Crippen LogP contribution in [0.3, 0.4) is 0 Å². The summed E-state index contributed by atoms with van der Waals surface area (Å²) in [5.74, 6) is -3.51. The van der Waals surface area contributed by atoms with E-state index in [1.165, 1.54) is 28.0 Å². The van der Waals surface area contributed by atoms with Crippen molar-refractivity contribution in [3.63, 3.8) is 0 Å². The summed E-state index contributed by atoms with van der Waals surface area (Å²) in [5.41, 5.74) is 1.54. The molecule has 0 bridgehead atoms. The number of carboxylic acid groups (broad SMARTS) is 1. The van der Waals surface area contributed by atoms with E-state index in [0.717, 1.165) is 6.07 Å². The number of carbonyl (C=O) groups is 4. The molecule has 2 amide bonds. The first-order chi connectivity index (χ1) is 20.8. The lowest BCUT2D eigenvalue weighted by atomic mass is 10.0. The van der Waals surface area contributed by atoms with Gasteiger partial charge in [-0.05, 0) is 41.1 Å². The van der Waals surface area contributed by atoms with E-state index in [1.54, 1.807) is 47.4 Å². The molecule has 1 saturated heterocycles. The topological polar surface area (TPSA) is 154 Å². The minimum absolute atomic E-state index is 0.0347. The summed E-state index contributed by atoms with van der Waals surface area (Å²) in [7, 11) is 0. The molecule has 0 radical (unpaired) electrons. The van der Waals surface area contributed by atoms with Gasteiger partial charge in [-0.25, -0.2) is 9.18 Å². The molecule has 1 fully saturated rings. The van der Waals surface area contributed by atoms with Crippen LogP contribution in [0.15, 0.2) is 72.9 Å². The van der Waals surface area contributed by atoms with Crippen molar-refractivity contribution < 1.29 is 28.7 Å². The van der Waals surface area contributed by atoms with Crippen LogP contribution in [-0.4, -0.2) is 89.8 Å². The van der Waals surface area contributed by atoms with Crippen LogP contribution >= 0.6 is 0 Å². The van der Waals surface area contributed by atoms with Crippen LogP contribution in [0.2, 0.25) is 0 Å².